The molecular formula is C17H28N2O3S. The first-order valence-corrected chi connectivity index (χ1v) is 9.41. The number of nitrogens with zero attached hydrogens (tertiary/aromatic N) is 2. The Morgan fingerprint density at radius 1 is 1.22 bits per heavy atom. The molecule has 2 saturated heterocycles. The molecule has 23 heavy (non-hydrogen) atoms. The van der Waals surface area contributed by atoms with E-state index in [4.69, 9.17) is 9.47 Å². The van der Waals surface area contributed by atoms with Crippen LogP contribution in [0.1, 0.15) is 24.8 Å². The van der Waals surface area contributed by atoms with Crippen LogP contribution in [0, 0.1) is 0 Å². The third-order valence-corrected chi connectivity index (χ3v) is 5.41. The monoisotopic (exact) mass is 340 g/mol. The molecule has 0 saturated carbocycles. The lowest BCUT2D eigenvalue weighted by molar-refractivity contribution is -0.0823. The highest BCUT2D eigenvalue weighted by molar-refractivity contribution is 7.10. The van der Waals surface area contributed by atoms with Crippen molar-refractivity contribution in [2.24, 2.45) is 0 Å². The van der Waals surface area contributed by atoms with Gasteiger partial charge in [-0.15, -0.1) is 11.3 Å². The first-order valence-electron chi connectivity index (χ1n) is 8.53. The number of ether oxygens (including phenoxy) is 2. The Morgan fingerprint density at radius 2 is 1.96 bits per heavy atom. The first kappa shape index (κ1) is 17.3. The van der Waals surface area contributed by atoms with Crippen molar-refractivity contribution in [1.29, 1.82) is 0 Å². The van der Waals surface area contributed by atoms with Crippen molar-refractivity contribution in [3.63, 3.8) is 0 Å². The number of hydrogen-bond donors (Lipinski definition) is 1. The predicted octanol–water partition coefficient (Wildman–Crippen LogP) is 1.59. The first-order chi connectivity index (χ1) is 11.1. The molecule has 5 nitrogen and oxygen atoms in total. The van der Waals surface area contributed by atoms with Crippen LogP contribution in [0.4, 0.5) is 0 Å². The number of rotatable bonds is 5. The highest BCUT2D eigenvalue weighted by Crippen LogP contribution is 2.26. The molecule has 0 bridgehead atoms. The molecule has 1 N–H and O–H groups in total. The van der Waals surface area contributed by atoms with Crippen LogP contribution in [0.15, 0.2) is 17.5 Å². The second-order valence-electron chi connectivity index (χ2n) is 6.76. The standard InChI is InChI=1S/C17H28N2O3S/c1-13-8-19(9-14(2)22-13)11-15(20)10-18-5-6-21-16(12-18)17-4-3-7-23-17/h3-4,7,13-16,20H,5-6,8-12H2,1-2H3. The van der Waals surface area contributed by atoms with E-state index in [0.717, 1.165) is 39.3 Å². The van der Waals surface area contributed by atoms with Gasteiger partial charge in [-0.1, -0.05) is 6.07 Å². The summed E-state index contributed by atoms with van der Waals surface area (Å²) in [5.74, 6) is 0. The summed E-state index contributed by atoms with van der Waals surface area (Å²) in [5, 5.41) is 12.6. The second kappa shape index (κ2) is 8.05. The fourth-order valence-corrected chi connectivity index (χ4v) is 4.37. The molecule has 2 aliphatic heterocycles. The van der Waals surface area contributed by atoms with Crippen LogP contribution in [-0.4, -0.2) is 79.1 Å². The Balaban J connectivity index is 1.46. The largest absolute Gasteiger partial charge is 0.390 e. The zero-order valence-corrected chi connectivity index (χ0v) is 14.9. The number of thiophene rings is 1. The van der Waals surface area contributed by atoms with Gasteiger partial charge in [0.05, 0.1) is 24.9 Å². The minimum Gasteiger partial charge on any atom is -0.390 e. The average Bonchev–Trinajstić information content (AvgIpc) is 3.00. The van der Waals surface area contributed by atoms with Crippen LogP contribution < -0.4 is 0 Å². The van der Waals surface area contributed by atoms with Gasteiger partial charge in [0.2, 0.25) is 0 Å². The van der Waals surface area contributed by atoms with Crippen molar-refractivity contribution in [3.8, 4) is 0 Å². The van der Waals surface area contributed by atoms with Gasteiger partial charge >= 0.3 is 0 Å². The van der Waals surface area contributed by atoms with E-state index in [1.165, 1.54) is 4.88 Å². The Labute approximate surface area is 142 Å². The summed E-state index contributed by atoms with van der Waals surface area (Å²) in [6.45, 7) is 9.95. The normalized spacial score (nSPS) is 32.0. The molecule has 0 aromatic carbocycles. The van der Waals surface area contributed by atoms with Crippen molar-refractivity contribution >= 4 is 11.3 Å². The van der Waals surface area contributed by atoms with E-state index in [1.54, 1.807) is 11.3 Å². The molecule has 3 heterocycles. The molecule has 2 fully saturated rings. The summed E-state index contributed by atoms with van der Waals surface area (Å²) >= 11 is 1.74. The third-order valence-electron chi connectivity index (χ3n) is 4.44. The van der Waals surface area contributed by atoms with Crippen molar-refractivity contribution in [1.82, 2.24) is 9.80 Å². The molecule has 1 aromatic rings. The summed E-state index contributed by atoms with van der Waals surface area (Å²) in [7, 11) is 0. The van der Waals surface area contributed by atoms with E-state index in [9.17, 15) is 5.11 Å². The molecular weight excluding hydrogens is 312 g/mol. The number of morpholine rings is 2. The maximum Gasteiger partial charge on any atom is 0.104 e. The molecule has 2 aliphatic rings. The van der Waals surface area contributed by atoms with Crippen LogP contribution in [0.25, 0.3) is 0 Å². The van der Waals surface area contributed by atoms with Crippen molar-refractivity contribution in [2.75, 3.05) is 45.9 Å². The van der Waals surface area contributed by atoms with Crippen LogP contribution in [-0.2, 0) is 9.47 Å². The zero-order chi connectivity index (χ0) is 16.2. The minimum atomic E-state index is -0.324. The van der Waals surface area contributed by atoms with Crippen molar-refractivity contribution < 1.29 is 14.6 Å². The Bertz CT molecular complexity index is 460. The van der Waals surface area contributed by atoms with Gasteiger partial charge < -0.3 is 14.6 Å². The smallest absolute Gasteiger partial charge is 0.104 e. The fraction of sp³-hybridized carbons (Fsp3) is 0.765. The average molecular weight is 340 g/mol. The lowest BCUT2D eigenvalue weighted by atomic mass is 10.2. The highest BCUT2D eigenvalue weighted by atomic mass is 32.1. The van der Waals surface area contributed by atoms with E-state index in [-0.39, 0.29) is 24.4 Å². The summed E-state index contributed by atoms with van der Waals surface area (Å²) in [4.78, 5) is 5.92. The Morgan fingerprint density at radius 3 is 2.65 bits per heavy atom. The van der Waals surface area contributed by atoms with Gasteiger partial charge in [0, 0.05) is 44.1 Å². The molecule has 0 radical (unpaired) electrons. The Hall–Kier alpha value is -0.500. The fourth-order valence-electron chi connectivity index (χ4n) is 3.60. The van der Waals surface area contributed by atoms with Gasteiger partial charge in [0.1, 0.15) is 6.10 Å². The van der Waals surface area contributed by atoms with Crippen molar-refractivity contribution in [3.05, 3.63) is 22.4 Å². The summed E-state index contributed by atoms with van der Waals surface area (Å²) in [6.07, 6.45) is 0.323. The predicted molar refractivity (Wildman–Crippen MR) is 91.9 cm³/mol. The van der Waals surface area contributed by atoms with Gasteiger partial charge in [-0.2, -0.15) is 0 Å². The number of β-amino-alcohol motifs (C(OH)–C–C–N with tert-alkyl or cyclic N) is 1. The van der Waals surface area contributed by atoms with Crippen molar-refractivity contribution in [2.45, 2.75) is 38.3 Å². The topological polar surface area (TPSA) is 45.2 Å². The lowest BCUT2D eigenvalue weighted by Gasteiger charge is -2.38. The molecule has 6 heteroatoms. The molecule has 130 valence electrons. The van der Waals surface area contributed by atoms with Crippen LogP contribution >= 0.6 is 11.3 Å². The van der Waals surface area contributed by atoms with E-state index < -0.39 is 0 Å². The van der Waals surface area contributed by atoms with Gasteiger partial charge in [-0.25, -0.2) is 0 Å². The lowest BCUT2D eigenvalue weighted by Crippen LogP contribution is -2.50. The number of hydrogen-bond acceptors (Lipinski definition) is 6. The van der Waals surface area contributed by atoms with Gasteiger partial charge in [0.25, 0.3) is 0 Å². The van der Waals surface area contributed by atoms with Gasteiger partial charge in [-0.3, -0.25) is 9.80 Å². The Kier molecular flexibility index (Phi) is 6.07. The third kappa shape index (κ3) is 4.98. The SMILES string of the molecule is CC1CN(CC(O)CN2CCOC(c3cccs3)C2)CC(C)O1. The number of aliphatic hydroxyl groups is 1. The molecule has 4 unspecified atom stereocenters. The molecule has 0 aliphatic carbocycles. The molecule has 4 atom stereocenters. The van der Waals surface area contributed by atoms with E-state index >= 15 is 0 Å². The van der Waals surface area contributed by atoms with Crippen LogP contribution in [0.2, 0.25) is 0 Å². The van der Waals surface area contributed by atoms with Gasteiger partial charge in [-0.05, 0) is 25.3 Å². The summed E-state index contributed by atoms with van der Waals surface area (Å²) in [6, 6.07) is 4.20. The van der Waals surface area contributed by atoms with Crippen LogP contribution in [0.5, 0.6) is 0 Å². The number of aliphatic hydroxyl groups excluding tert-OH is 1. The molecule has 0 spiro atoms. The summed E-state index contributed by atoms with van der Waals surface area (Å²) in [5.41, 5.74) is 0. The zero-order valence-electron chi connectivity index (χ0n) is 14.1. The van der Waals surface area contributed by atoms with Gasteiger partial charge in [0.15, 0.2) is 0 Å². The van der Waals surface area contributed by atoms with E-state index in [2.05, 4.69) is 41.2 Å². The van der Waals surface area contributed by atoms with E-state index in [0.29, 0.717) is 6.54 Å². The molecule has 1 aromatic heterocycles. The van der Waals surface area contributed by atoms with E-state index in [1.807, 2.05) is 0 Å². The minimum absolute atomic E-state index is 0.152. The quantitative estimate of drug-likeness (QED) is 0.882. The molecule has 3 rings (SSSR count). The highest BCUT2D eigenvalue weighted by Gasteiger charge is 2.27. The molecule has 0 amide bonds. The summed E-state index contributed by atoms with van der Waals surface area (Å²) < 4.78 is 11.6. The van der Waals surface area contributed by atoms with Crippen LogP contribution in [0.3, 0.4) is 0 Å². The maximum absolute atomic E-state index is 10.5. The second-order valence-corrected chi connectivity index (χ2v) is 7.74. The maximum atomic E-state index is 10.5.